The Kier molecular flexibility index (Phi) is 8.46. The van der Waals surface area contributed by atoms with Crippen LogP contribution < -0.4 is 14.8 Å². The Morgan fingerprint density at radius 3 is 1.96 bits per heavy atom. The van der Waals surface area contributed by atoms with Gasteiger partial charge in [-0.1, -0.05) is 32.9 Å². The minimum absolute atomic E-state index is 0.207. The zero-order valence-corrected chi connectivity index (χ0v) is 17.1. The van der Waals surface area contributed by atoms with E-state index in [1.54, 1.807) is 0 Å². The SMILES string of the molecule is CCOCCOc1ccc(NCCOc2ccc(C(C)(C)CC)cc2)cc1. The Balaban J connectivity index is 1.69. The fraction of sp³-hybridized carbons (Fsp3) is 0.478. The number of rotatable bonds is 12. The van der Waals surface area contributed by atoms with E-state index in [2.05, 4.69) is 50.4 Å². The van der Waals surface area contributed by atoms with Crippen LogP contribution in [0.1, 0.15) is 39.7 Å². The molecule has 0 saturated carbocycles. The van der Waals surface area contributed by atoms with Crippen LogP contribution in [0.4, 0.5) is 5.69 Å². The summed E-state index contributed by atoms with van der Waals surface area (Å²) >= 11 is 0. The van der Waals surface area contributed by atoms with Gasteiger partial charge in [-0.15, -0.1) is 0 Å². The maximum atomic E-state index is 5.83. The number of nitrogens with one attached hydrogen (secondary N) is 1. The minimum atomic E-state index is 0.207. The summed E-state index contributed by atoms with van der Waals surface area (Å²) in [5.41, 5.74) is 2.61. The third-order valence-corrected chi connectivity index (χ3v) is 4.77. The molecule has 0 aliphatic rings. The van der Waals surface area contributed by atoms with Gasteiger partial charge in [0, 0.05) is 18.8 Å². The molecule has 4 nitrogen and oxygen atoms in total. The quantitative estimate of drug-likeness (QED) is 0.515. The van der Waals surface area contributed by atoms with E-state index in [0.717, 1.165) is 36.8 Å². The topological polar surface area (TPSA) is 39.7 Å². The Morgan fingerprint density at radius 2 is 1.37 bits per heavy atom. The Hall–Kier alpha value is -2.20. The molecule has 2 aromatic carbocycles. The van der Waals surface area contributed by atoms with Gasteiger partial charge in [0.15, 0.2) is 0 Å². The molecule has 0 aromatic heterocycles. The highest BCUT2D eigenvalue weighted by atomic mass is 16.5. The number of benzene rings is 2. The van der Waals surface area contributed by atoms with E-state index >= 15 is 0 Å². The van der Waals surface area contributed by atoms with Crippen molar-refractivity contribution in [2.45, 2.75) is 39.5 Å². The summed E-state index contributed by atoms with van der Waals surface area (Å²) in [6, 6.07) is 16.4. The van der Waals surface area contributed by atoms with Crippen LogP contribution in [-0.4, -0.2) is 33.0 Å². The van der Waals surface area contributed by atoms with Gasteiger partial charge in [0.2, 0.25) is 0 Å². The average molecular weight is 372 g/mol. The van der Waals surface area contributed by atoms with E-state index in [4.69, 9.17) is 14.2 Å². The molecule has 0 saturated heterocycles. The van der Waals surface area contributed by atoms with Crippen LogP contribution in [0.5, 0.6) is 11.5 Å². The van der Waals surface area contributed by atoms with Gasteiger partial charge in [0.05, 0.1) is 6.61 Å². The van der Waals surface area contributed by atoms with Crippen LogP contribution in [0.15, 0.2) is 48.5 Å². The van der Waals surface area contributed by atoms with Gasteiger partial charge in [0.25, 0.3) is 0 Å². The molecule has 2 rings (SSSR count). The Bertz CT molecular complexity index is 650. The van der Waals surface area contributed by atoms with Crippen LogP contribution in [0.2, 0.25) is 0 Å². The van der Waals surface area contributed by atoms with Crippen molar-refractivity contribution in [2.24, 2.45) is 0 Å². The lowest BCUT2D eigenvalue weighted by Gasteiger charge is -2.23. The van der Waals surface area contributed by atoms with Crippen LogP contribution in [0, 0.1) is 0 Å². The summed E-state index contributed by atoms with van der Waals surface area (Å²) in [5.74, 6) is 1.76. The Morgan fingerprint density at radius 1 is 0.778 bits per heavy atom. The van der Waals surface area contributed by atoms with Crippen molar-refractivity contribution >= 4 is 5.69 Å². The van der Waals surface area contributed by atoms with Gasteiger partial charge in [-0.2, -0.15) is 0 Å². The number of anilines is 1. The van der Waals surface area contributed by atoms with E-state index in [1.807, 2.05) is 31.2 Å². The smallest absolute Gasteiger partial charge is 0.119 e. The summed E-state index contributed by atoms with van der Waals surface area (Å²) in [5, 5.41) is 3.36. The summed E-state index contributed by atoms with van der Waals surface area (Å²) in [4.78, 5) is 0. The lowest BCUT2D eigenvalue weighted by molar-refractivity contribution is 0.110. The van der Waals surface area contributed by atoms with Gasteiger partial charge >= 0.3 is 0 Å². The molecule has 0 radical (unpaired) electrons. The fourth-order valence-electron chi connectivity index (χ4n) is 2.60. The second-order valence-corrected chi connectivity index (χ2v) is 7.11. The number of hydrogen-bond acceptors (Lipinski definition) is 4. The summed E-state index contributed by atoms with van der Waals surface area (Å²) in [6.45, 7) is 12.0. The molecule has 2 aromatic rings. The van der Waals surface area contributed by atoms with E-state index in [0.29, 0.717) is 19.8 Å². The standard InChI is InChI=1S/C23H33NO3/c1-5-23(3,4)19-7-11-21(12-8-19)26-16-15-24-20-9-13-22(14-10-20)27-18-17-25-6-2/h7-14,24H,5-6,15-18H2,1-4H3. The third-order valence-electron chi connectivity index (χ3n) is 4.77. The van der Waals surface area contributed by atoms with Gasteiger partial charge < -0.3 is 19.5 Å². The molecule has 0 aliphatic carbocycles. The average Bonchev–Trinajstić information content (AvgIpc) is 2.70. The van der Waals surface area contributed by atoms with Crippen molar-refractivity contribution in [2.75, 3.05) is 38.3 Å². The molecule has 0 bridgehead atoms. The first kappa shape index (κ1) is 21.1. The van der Waals surface area contributed by atoms with Gasteiger partial charge in [0.1, 0.15) is 24.7 Å². The normalized spacial score (nSPS) is 11.3. The monoisotopic (exact) mass is 371 g/mol. The van der Waals surface area contributed by atoms with E-state index < -0.39 is 0 Å². The molecular weight excluding hydrogens is 338 g/mol. The second kappa shape index (κ2) is 10.8. The zero-order valence-electron chi connectivity index (χ0n) is 17.1. The molecule has 148 valence electrons. The van der Waals surface area contributed by atoms with Crippen LogP contribution >= 0.6 is 0 Å². The summed E-state index contributed by atoms with van der Waals surface area (Å²) in [7, 11) is 0. The van der Waals surface area contributed by atoms with Crippen molar-refractivity contribution < 1.29 is 14.2 Å². The molecule has 0 amide bonds. The minimum Gasteiger partial charge on any atom is -0.492 e. The van der Waals surface area contributed by atoms with E-state index in [-0.39, 0.29) is 5.41 Å². The molecule has 1 N–H and O–H groups in total. The predicted molar refractivity (Wildman–Crippen MR) is 112 cm³/mol. The Labute approximate surface area is 163 Å². The summed E-state index contributed by atoms with van der Waals surface area (Å²) in [6.07, 6.45) is 1.12. The number of ether oxygens (including phenoxy) is 3. The van der Waals surface area contributed by atoms with Gasteiger partial charge in [-0.05, 0) is 60.7 Å². The van der Waals surface area contributed by atoms with Gasteiger partial charge in [-0.25, -0.2) is 0 Å². The van der Waals surface area contributed by atoms with Gasteiger partial charge in [-0.3, -0.25) is 0 Å². The largest absolute Gasteiger partial charge is 0.492 e. The molecule has 0 unspecified atom stereocenters. The molecule has 0 aliphatic heterocycles. The molecule has 0 atom stereocenters. The van der Waals surface area contributed by atoms with Crippen LogP contribution in [0.3, 0.4) is 0 Å². The van der Waals surface area contributed by atoms with Crippen molar-refractivity contribution in [3.05, 3.63) is 54.1 Å². The number of hydrogen-bond donors (Lipinski definition) is 1. The van der Waals surface area contributed by atoms with Crippen molar-refractivity contribution in [1.29, 1.82) is 0 Å². The molecule has 0 spiro atoms. The maximum absolute atomic E-state index is 5.83. The third kappa shape index (κ3) is 7.14. The van der Waals surface area contributed by atoms with E-state index in [9.17, 15) is 0 Å². The van der Waals surface area contributed by atoms with E-state index in [1.165, 1.54) is 5.56 Å². The highest BCUT2D eigenvalue weighted by Gasteiger charge is 2.17. The van der Waals surface area contributed by atoms with Crippen molar-refractivity contribution in [3.63, 3.8) is 0 Å². The van der Waals surface area contributed by atoms with Crippen molar-refractivity contribution in [1.82, 2.24) is 0 Å². The maximum Gasteiger partial charge on any atom is 0.119 e. The highest BCUT2D eigenvalue weighted by molar-refractivity contribution is 5.46. The first-order chi connectivity index (χ1) is 13.0. The molecular formula is C23H33NO3. The molecule has 0 heterocycles. The van der Waals surface area contributed by atoms with Crippen molar-refractivity contribution in [3.8, 4) is 11.5 Å². The first-order valence-electron chi connectivity index (χ1n) is 9.83. The zero-order chi connectivity index (χ0) is 19.5. The first-order valence-corrected chi connectivity index (χ1v) is 9.83. The lowest BCUT2D eigenvalue weighted by atomic mass is 9.82. The lowest BCUT2D eigenvalue weighted by Crippen LogP contribution is -2.15. The van der Waals surface area contributed by atoms with Crippen LogP contribution in [0.25, 0.3) is 0 Å². The summed E-state index contributed by atoms with van der Waals surface area (Å²) < 4.78 is 16.7. The predicted octanol–water partition coefficient (Wildman–Crippen LogP) is 5.28. The second-order valence-electron chi connectivity index (χ2n) is 7.11. The molecule has 4 heteroatoms. The molecule has 0 fully saturated rings. The molecule has 27 heavy (non-hydrogen) atoms. The van der Waals surface area contributed by atoms with Crippen LogP contribution in [-0.2, 0) is 10.2 Å². The fourth-order valence-corrected chi connectivity index (χ4v) is 2.60. The highest BCUT2D eigenvalue weighted by Crippen LogP contribution is 2.28.